The number of ether oxygens (including phenoxy) is 5. The van der Waals surface area contributed by atoms with Gasteiger partial charge in [0.15, 0.2) is 11.5 Å². The summed E-state index contributed by atoms with van der Waals surface area (Å²) in [6.07, 6.45) is -1.69. The van der Waals surface area contributed by atoms with Crippen molar-refractivity contribution in [3.05, 3.63) is 34.3 Å². The van der Waals surface area contributed by atoms with E-state index in [1.807, 2.05) is 6.92 Å². The number of ketones is 2. The van der Waals surface area contributed by atoms with Crippen LogP contribution in [-0.2, 0) is 42.9 Å². The van der Waals surface area contributed by atoms with Gasteiger partial charge in [-0.3, -0.25) is 19.2 Å². The minimum absolute atomic E-state index is 0.00958. The molecule has 0 unspecified atom stereocenters. The minimum Gasteiger partial charge on any atom is -0.492 e. The monoisotopic (exact) mass is 618 g/mol. The summed E-state index contributed by atoms with van der Waals surface area (Å²) in [5.74, 6) is -4.57. The van der Waals surface area contributed by atoms with Gasteiger partial charge in [0, 0.05) is 37.5 Å². The molecule has 2 N–H and O–H groups in total. The van der Waals surface area contributed by atoms with E-state index in [9.17, 15) is 29.4 Å². The normalized spacial score (nSPS) is 35.5. The maximum atomic E-state index is 14.2. The van der Waals surface area contributed by atoms with Gasteiger partial charge in [-0.15, -0.1) is 0 Å². The average molecular weight is 619 g/mol. The minimum atomic E-state index is -1.50. The van der Waals surface area contributed by atoms with Crippen LogP contribution in [0.5, 0.6) is 0 Å². The van der Waals surface area contributed by atoms with Gasteiger partial charge in [-0.25, -0.2) is 0 Å². The number of fused-ring (bicyclic) bond motifs is 3. The molecule has 1 saturated carbocycles. The molecule has 44 heavy (non-hydrogen) atoms. The highest BCUT2D eigenvalue weighted by Crippen LogP contribution is 2.60. The Balaban J connectivity index is 1.82. The van der Waals surface area contributed by atoms with Gasteiger partial charge in [-0.2, -0.15) is 0 Å². The Morgan fingerprint density at radius 2 is 1.75 bits per heavy atom. The predicted octanol–water partition coefficient (Wildman–Crippen LogP) is 3.25. The molecule has 0 amide bonds. The molecule has 1 saturated heterocycles. The summed E-state index contributed by atoms with van der Waals surface area (Å²) in [6.45, 7) is 14.6. The molecule has 11 heteroatoms. The number of allylic oxidation sites excluding steroid dienone is 3. The van der Waals surface area contributed by atoms with Crippen molar-refractivity contribution in [2.24, 2.45) is 17.3 Å². The molecule has 0 aromatic rings. The number of aliphatic hydroxyl groups excluding tert-OH is 1. The third kappa shape index (κ3) is 5.41. The van der Waals surface area contributed by atoms with E-state index in [1.54, 1.807) is 47.6 Å². The molecule has 0 radical (unpaired) electrons. The number of carbonyl (C=O) groups excluding carboxylic acids is 4. The SMILES string of the molecule is C/C=C(\C)[C@H](OC(C)=O)[C@H](C)C1=C(OC)C(=O)C2=C(O[C@]3(C)CC[C@@H]4O[C@H](C(C)(C)O)C[C@H](OC(C)=O)[C@]4(C)[C@H]3[C@@H]2O)C1=O. The lowest BCUT2D eigenvalue weighted by Crippen LogP contribution is -2.70. The number of esters is 2. The van der Waals surface area contributed by atoms with Crippen LogP contribution >= 0.6 is 0 Å². The molecule has 9 atom stereocenters. The van der Waals surface area contributed by atoms with Crippen molar-refractivity contribution in [3.63, 3.8) is 0 Å². The quantitative estimate of drug-likeness (QED) is 0.245. The van der Waals surface area contributed by atoms with E-state index in [1.165, 1.54) is 21.0 Å². The molecule has 2 aliphatic heterocycles. The van der Waals surface area contributed by atoms with E-state index in [-0.39, 0.29) is 29.1 Å². The molecule has 2 fully saturated rings. The molecule has 0 bridgehead atoms. The van der Waals surface area contributed by atoms with Crippen molar-refractivity contribution >= 4 is 23.5 Å². The van der Waals surface area contributed by atoms with Crippen LogP contribution < -0.4 is 0 Å². The van der Waals surface area contributed by atoms with Crippen molar-refractivity contribution in [1.82, 2.24) is 0 Å². The molecule has 2 heterocycles. The molecular formula is C33H46O11. The number of aliphatic hydroxyl groups is 2. The number of hydrogen-bond acceptors (Lipinski definition) is 11. The van der Waals surface area contributed by atoms with Gasteiger partial charge in [0.1, 0.15) is 17.8 Å². The predicted molar refractivity (Wildman–Crippen MR) is 157 cm³/mol. The van der Waals surface area contributed by atoms with Gasteiger partial charge >= 0.3 is 11.9 Å². The lowest BCUT2D eigenvalue weighted by atomic mass is 9.51. The smallest absolute Gasteiger partial charge is 0.303 e. The first-order valence-electron chi connectivity index (χ1n) is 15.2. The first kappa shape index (κ1) is 33.9. The third-order valence-corrected chi connectivity index (χ3v) is 10.1. The van der Waals surface area contributed by atoms with Gasteiger partial charge in [0.05, 0.1) is 42.2 Å². The molecule has 4 rings (SSSR count). The van der Waals surface area contributed by atoms with Crippen molar-refractivity contribution < 1.29 is 53.1 Å². The number of carbonyl (C=O) groups is 4. The fourth-order valence-electron chi connectivity index (χ4n) is 7.85. The lowest BCUT2D eigenvalue weighted by molar-refractivity contribution is -0.293. The zero-order valence-corrected chi connectivity index (χ0v) is 27.3. The van der Waals surface area contributed by atoms with E-state index in [4.69, 9.17) is 23.7 Å². The molecule has 244 valence electrons. The Labute approximate surface area is 258 Å². The highest BCUT2D eigenvalue weighted by atomic mass is 16.6. The Bertz CT molecular complexity index is 1330. The van der Waals surface area contributed by atoms with Crippen LogP contribution in [0.4, 0.5) is 0 Å². The van der Waals surface area contributed by atoms with Crippen molar-refractivity contribution in [3.8, 4) is 0 Å². The maximum absolute atomic E-state index is 14.2. The van der Waals surface area contributed by atoms with Crippen molar-refractivity contribution in [2.45, 2.75) is 123 Å². The lowest BCUT2D eigenvalue weighted by Gasteiger charge is -2.63. The van der Waals surface area contributed by atoms with E-state index in [0.717, 1.165) is 0 Å². The van der Waals surface area contributed by atoms with Gasteiger partial charge in [-0.05, 0) is 53.0 Å². The zero-order valence-electron chi connectivity index (χ0n) is 27.3. The molecular weight excluding hydrogens is 572 g/mol. The van der Waals surface area contributed by atoms with Crippen molar-refractivity contribution in [2.75, 3.05) is 7.11 Å². The number of methoxy groups -OCH3 is 1. The largest absolute Gasteiger partial charge is 0.492 e. The van der Waals surface area contributed by atoms with E-state index < -0.39 is 82.5 Å². The highest BCUT2D eigenvalue weighted by Gasteiger charge is 2.68. The Kier molecular flexibility index (Phi) is 9.02. The van der Waals surface area contributed by atoms with Crippen LogP contribution in [0.3, 0.4) is 0 Å². The molecule has 0 aromatic carbocycles. The van der Waals surface area contributed by atoms with Gasteiger partial charge in [0.25, 0.3) is 0 Å². The van der Waals surface area contributed by atoms with Gasteiger partial charge < -0.3 is 33.9 Å². The Hall–Kier alpha value is -3.02. The van der Waals surface area contributed by atoms with Crippen LogP contribution in [0.25, 0.3) is 0 Å². The topological polar surface area (TPSA) is 155 Å². The standard InChI is InChI=1S/C33H46O11/c1-11-15(2)27(42-18(5)35)16(3)22-24(36)29-23(25(37)28(22)40-10)26(38)30-32(8,44-29)13-12-19-33(30,9)21(41-17(4)34)14-20(43-19)31(6,7)39/h11,16,19-21,26-27,30,38-39H,12-14H2,1-10H3/b15-11+/t16-,19+,20+,21+,26-,27+,30+,32-,33-/m1/s1. The molecule has 0 spiro atoms. The summed E-state index contributed by atoms with van der Waals surface area (Å²) in [5.41, 5.74) is -3.01. The van der Waals surface area contributed by atoms with Gasteiger partial charge in [-0.1, -0.05) is 19.9 Å². The first-order valence-corrected chi connectivity index (χ1v) is 15.2. The van der Waals surface area contributed by atoms with E-state index in [2.05, 4.69) is 0 Å². The van der Waals surface area contributed by atoms with Crippen LogP contribution in [0.15, 0.2) is 34.3 Å². The second kappa shape index (κ2) is 11.7. The Morgan fingerprint density at radius 3 is 2.27 bits per heavy atom. The number of Topliss-reactive ketones (excluding diaryl/α,β-unsaturated/α-hetero) is 2. The number of rotatable bonds is 7. The first-order chi connectivity index (χ1) is 20.3. The zero-order chi connectivity index (χ0) is 33.1. The summed E-state index contributed by atoms with van der Waals surface area (Å²) < 4.78 is 29.9. The third-order valence-electron chi connectivity index (χ3n) is 10.1. The fraction of sp³-hybridized carbons (Fsp3) is 0.697. The average Bonchev–Trinajstić information content (AvgIpc) is 2.91. The maximum Gasteiger partial charge on any atom is 0.303 e. The Morgan fingerprint density at radius 1 is 1.11 bits per heavy atom. The molecule has 0 aromatic heterocycles. The summed E-state index contributed by atoms with van der Waals surface area (Å²) in [6, 6.07) is 0. The summed E-state index contributed by atoms with van der Waals surface area (Å²) >= 11 is 0. The highest BCUT2D eigenvalue weighted by molar-refractivity contribution is 6.24. The summed E-state index contributed by atoms with van der Waals surface area (Å²) in [7, 11) is 1.27. The van der Waals surface area contributed by atoms with Crippen LogP contribution in [0.2, 0.25) is 0 Å². The molecule has 2 aliphatic carbocycles. The number of hydrogen-bond donors (Lipinski definition) is 2. The van der Waals surface area contributed by atoms with E-state index >= 15 is 0 Å². The van der Waals surface area contributed by atoms with Gasteiger partial charge in [0.2, 0.25) is 11.6 Å². The van der Waals surface area contributed by atoms with E-state index in [0.29, 0.717) is 18.4 Å². The second-order valence-corrected chi connectivity index (χ2v) is 13.5. The summed E-state index contributed by atoms with van der Waals surface area (Å²) in [4.78, 5) is 52.7. The summed E-state index contributed by atoms with van der Waals surface area (Å²) in [5, 5.41) is 22.9. The van der Waals surface area contributed by atoms with Crippen LogP contribution in [-0.4, -0.2) is 82.5 Å². The molecule has 11 nitrogen and oxygen atoms in total. The fourth-order valence-corrected chi connectivity index (χ4v) is 7.85. The molecule has 4 aliphatic rings. The van der Waals surface area contributed by atoms with Crippen LogP contribution in [0, 0.1) is 17.3 Å². The van der Waals surface area contributed by atoms with Crippen LogP contribution in [0.1, 0.15) is 81.6 Å². The van der Waals surface area contributed by atoms with Crippen molar-refractivity contribution in [1.29, 1.82) is 0 Å². The second-order valence-electron chi connectivity index (χ2n) is 13.5.